The van der Waals surface area contributed by atoms with E-state index in [1.54, 1.807) is 30.3 Å². The van der Waals surface area contributed by atoms with Crippen LogP contribution >= 0.6 is 23.2 Å². The SMILES string of the molecule is COc1ccc(C)cc1NC1=C(Cl)C(=O)N(c2ccc(C)c(Cl)c2)C1=O. The maximum absolute atomic E-state index is 12.8. The van der Waals surface area contributed by atoms with E-state index in [1.807, 2.05) is 19.9 Å². The van der Waals surface area contributed by atoms with Gasteiger partial charge in [0.05, 0.1) is 18.5 Å². The van der Waals surface area contributed by atoms with Gasteiger partial charge >= 0.3 is 0 Å². The summed E-state index contributed by atoms with van der Waals surface area (Å²) in [4.78, 5) is 26.4. The van der Waals surface area contributed by atoms with Gasteiger partial charge in [-0.2, -0.15) is 0 Å². The molecule has 1 aliphatic heterocycles. The molecule has 26 heavy (non-hydrogen) atoms. The van der Waals surface area contributed by atoms with Crippen molar-refractivity contribution >= 4 is 46.4 Å². The Morgan fingerprint density at radius 1 is 1.00 bits per heavy atom. The summed E-state index contributed by atoms with van der Waals surface area (Å²) in [5.74, 6) is -0.626. The predicted molar refractivity (Wildman–Crippen MR) is 103 cm³/mol. The number of halogens is 2. The minimum Gasteiger partial charge on any atom is -0.495 e. The third kappa shape index (κ3) is 3.16. The van der Waals surface area contributed by atoms with Gasteiger partial charge in [-0.05, 0) is 49.2 Å². The first-order valence-electron chi connectivity index (χ1n) is 7.80. The molecule has 0 unspecified atom stereocenters. The highest BCUT2D eigenvalue weighted by atomic mass is 35.5. The summed E-state index contributed by atoms with van der Waals surface area (Å²) in [6, 6.07) is 10.4. The van der Waals surface area contributed by atoms with Crippen LogP contribution in [-0.4, -0.2) is 18.9 Å². The van der Waals surface area contributed by atoms with E-state index in [2.05, 4.69) is 5.32 Å². The predicted octanol–water partition coefficient (Wildman–Crippen LogP) is 4.40. The number of methoxy groups -OCH3 is 1. The Labute approximate surface area is 161 Å². The molecular formula is C19H16Cl2N2O3. The molecule has 5 nitrogen and oxygen atoms in total. The minimum absolute atomic E-state index is 0.00253. The monoisotopic (exact) mass is 390 g/mol. The Morgan fingerprint density at radius 2 is 1.73 bits per heavy atom. The first-order valence-corrected chi connectivity index (χ1v) is 8.55. The number of amides is 2. The summed E-state index contributed by atoms with van der Waals surface area (Å²) >= 11 is 12.3. The fourth-order valence-electron chi connectivity index (χ4n) is 2.62. The molecule has 0 radical (unpaired) electrons. The van der Waals surface area contributed by atoms with Crippen LogP contribution in [0, 0.1) is 13.8 Å². The molecule has 1 aliphatic rings. The summed E-state index contributed by atoms with van der Waals surface area (Å²) in [6.45, 7) is 3.74. The van der Waals surface area contributed by atoms with E-state index in [0.29, 0.717) is 22.1 Å². The average molecular weight is 391 g/mol. The molecule has 0 aromatic heterocycles. The second-order valence-corrected chi connectivity index (χ2v) is 6.68. The Morgan fingerprint density at radius 3 is 2.38 bits per heavy atom. The standard InChI is InChI=1S/C19H16Cl2N2O3/c1-10-4-7-15(26-3)14(8-10)22-17-16(21)18(24)23(19(17)25)12-6-5-11(2)13(20)9-12/h4-9,22H,1-3H3. The van der Waals surface area contributed by atoms with Gasteiger partial charge in [-0.15, -0.1) is 0 Å². The van der Waals surface area contributed by atoms with Crippen molar-refractivity contribution in [1.29, 1.82) is 0 Å². The van der Waals surface area contributed by atoms with E-state index in [0.717, 1.165) is 16.0 Å². The lowest BCUT2D eigenvalue weighted by molar-refractivity contribution is -0.120. The van der Waals surface area contributed by atoms with Crippen molar-refractivity contribution in [3.63, 3.8) is 0 Å². The first-order chi connectivity index (χ1) is 12.3. The van der Waals surface area contributed by atoms with Crippen molar-refractivity contribution in [1.82, 2.24) is 0 Å². The number of hydrogen-bond donors (Lipinski definition) is 1. The summed E-state index contributed by atoms with van der Waals surface area (Å²) in [5, 5.41) is 3.21. The van der Waals surface area contributed by atoms with E-state index in [4.69, 9.17) is 27.9 Å². The van der Waals surface area contributed by atoms with Gasteiger partial charge in [0, 0.05) is 5.02 Å². The van der Waals surface area contributed by atoms with Crippen molar-refractivity contribution in [3.05, 3.63) is 63.3 Å². The van der Waals surface area contributed by atoms with Gasteiger partial charge in [0.1, 0.15) is 16.5 Å². The van der Waals surface area contributed by atoms with Crippen molar-refractivity contribution in [2.45, 2.75) is 13.8 Å². The summed E-state index contributed by atoms with van der Waals surface area (Å²) in [7, 11) is 1.52. The number of ether oxygens (including phenoxy) is 1. The van der Waals surface area contributed by atoms with E-state index in [9.17, 15) is 9.59 Å². The average Bonchev–Trinajstić information content (AvgIpc) is 2.81. The number of nitrogens with one attached hydrogen (secondary N) is 1. The van der Waals surface area contributed by atoms with Gasteiger partial charge in [0.15, 0.2) is 0 Å². The van der Waals surface area contributed by atoms with E-state index < -0.39 is 11.8 Å². The first kappa shape index (κ1) is 18.3. The van der Waals surface area contributed by atoms with Gasteiger partial charge in [-0.1, -0.05) is 35.3 Å². The summed E-state index contributed by atoms with van der Waals surface area (Å²) in [5.41, 5.74) is 2.71. The fraction of sp³-hybridized carbons (Fsp3) is 0.158. The topological polar surface area (TPSA) is 58.6 Å². The van der Waals surface area contributed by atoms with Crippen LogP contribution in [0.25, 0.3) is 0 Å². The molecule has 0 fully saturated rings. The van der Waals surface area contributed by atoms with E-state index in [-0.39, 0.29) is 10.7 Å². The van der Waals surface area contributed by atoms with Gasteiger partial charge in [0.2, 0.25) is 0 Å². The molecular weight excluding hydrogens is 375 g/mol. The fourth-order valence-corrected chi connectivity index (χ4v) is 3.01. The van der Waals surface area contributed by atoms with Crippen LogP contribution in [0.1, 0.15) is 11.1 Å². The van der Waals surface area contributed by atoms with Gasteiger partial charge in [-0.3, -0.25) is 9.59 Å². The number of aryl methyl sites for hydroxylation is 2. The maximum atomic E-state index is 12.8. The van der Waals surface area contributed by atoms with Crippen LogP contribution in [0.2, 0.25) is 5.02 Å². The second kappa shape index (κ2) is 7.02. The van der Waals surface area contributed by atoms with Crippen LogP contribution in [-0.2, 0) is 9.59 Å². The van der Waals surface area contributed by atoms with Crippen molar-refractivity contribution < 1.29 is 14.3 Å². The van der Waals surface area contributed by atoms with Crippen molar-refractivity contribution in [2.75, 3.05) is 17.3 Å². The van der Waals surface area contributed by atoms with E-state index in [1.165, 1.54) is 7.11 Å². The molecule has 0 bridgehead atoms. The maximum Gasteiger partial charge on any atom is 0.283 e. The third-order valence-corrected chi connectivity index (χ3v) is 4.81. The van der Waals surface area contributed by atoms with Gasteiger partial charge < -0.3 is 10.1 Å². The van der Waals surface area contributed by atoms with E-state index >= 15 is 0 Å². The third-order valence-electron chi connectivity index (χ3n) is 4.06. The number of anilines is 2. The molecule has 2 amide bonds. The highest BCUT2D eigenvalue weighted by Crippen LogP contribution is 2.34. The van der Waals surface area contributed by atoms with Crippen LogP contribution in [0.3, 0.4) is 0 Å². The Bertz CT molecular complexity index is 954. The molecule has 0 atom stereocenters. The van der Waals surface area contributed by atoms with Gasteiger partial charge in [0.25, 0.3) is 11.8 Å². The quantitative estimate of drug-likeness (QED) is 0.785. The zero-order valence-electron chi connectivity index (χ0n) is 14.4. The molecule has 3 rings (SSSR count). The number of hydrogen-bond acceptors (Lipinski definition) is 4. The molecule has 1 heterocycles. The number of nitrogens with zero attached hydrogens (tertiary/aromatic N) is 1. The molecule has 0 saturated heterocycles. The lowest BCUT2D eigenvalue weighted by Gasteiger charge is -2.16. The smallest absolute Gasteiger partial charge is 0.283 e. The van der Waals surface area contributed by atoms with Crippen LogP contribution in [0.15, 0.2) is 47.1 Å². The Balaban J connectivity index is 1.97. The summed E-state index contributed by atoms with van der Waals surface area (Å²) in [6.07, 6.45) is 0. The number of carbonyl (C=O) groups is 2. The summed E-state index contributed by atoms with van der Waals surface area (Å²) < 4.78 is 5.29. The highest BCUT2D eigenvalue weighted by molar-refractivity contribution is 6.53. The minimum atomic E-state index is -0.606. The van der Waals surface area contributed by atoms with Crippen LogP contribution < -0.4 is 15.0 Å². The molecule has 0 aliphatic carbocycles. The molecule has 1 N–H and O–H groups in total. The zero-order chi connectivity index (χ0) is 19.0. The Kier molecular flexibility index (Phi) is 4.94. The number of carbonyl (C=O) groups excluding carboxylic acids is 2. The lowest BCUT2D eigenvalue weighted by atomic mass is 10.2. The number of rotatable bonds is 4. The molecule has 0 spiro atoms. The van der Waals surface area contributed by atoms with Crippen molar-refractivity contribution in [2.24, 2.45) is 0 Å². The second-order valence-electron chi connectivity index (χ2n) is 5.90. The molecule has 2 aromatic rings. The normalized spacial score (nSPS) is 14.3. The lowest BCUT2D eigenvalue weighted by Crippen LogP contribution is -2.32. The van der Waals surface area contributed by atoms with Gasteiger partial charge in [-0.25, -0.2) is 4.90 Å². The molecule has 2 aromatic carbocycles. The highest BCUT2D eigenvalue weighted by Gasteiger charge is 2.39. The van der Waals surface area contributed by atoms with Crippen LogP contribution in [0.4, 0.5) is 11.4 Å². The molecule has 0 saturated carbocycles. The Hall–Kier alpha value is -2.50. The largest absolute Gasteiger partial charge is 0.495 e. The van der Waals surface area contributed by atoms with Crippen molar-refractivity contribution in [3.8, 4) is 5.75 Å². The van der Waals surface area contributed by atoms with Crippen LogP contribution in [0.5, 0.6) is 5.75 Å². The zero-order valence-corrected chi connectivity index (χ0v) is 15.9. The number of imide groups is 1. The molecule has 134 valence electrons. The number of benzene rings is 2. The molecule has 7 heteroatoms.